The molecule has 2 bridgehead atoms. The summed E-state index contributed by atoms with van der Waals surface area (Å²) in [7, 11) is 0. The van der Waals surface area contributed by atoms with E-state index < -0.39 is 0 Å². The fourth-order valence-corrected chi connectivity index (χ4v) is 4.85. The van der Waals surface area contributed by atoms with E-state index in [0.29, 0.717) is 22.9 Å². The zero-order chi connectivity index (χ0) is 18.4. The van der Waals surface area contributed by atoms with Gasteiger partial charge in [0.1, 0.15) is 6.54 Å². The van der Waals surface area contributed by atoms with E-state index in [4.69, 9.17) is 0 Å². The van der Waals surface area contributed by atoms with Crippen LogP contribution in [-0.4, -0.2) is 40.5 Å². The second kappa shape index (κ2) is 7.57. The van der Waals surface area contributed by atoms with Crippen LogP contribution in [0, 0.1) is 0 Å². The van der Waals surface area contributed by atoms with Gasteiger partial charge in [0.15, 0.2) is 5.43 Å². The van der Waals surface area contributed by atoms with Crippen molar-refractivity contribution in [3.63, 3.8) is 0 Å². The molecular weight excluding hydrogens is 374 g/mol. The van der Waals surface area contributed by atoms with Gasteiger partial charge in [0, 0.05) is 29.4 Å². The highest BCUT2D eigenvalue weighted by molar-refractivity contribution is 5.95. The van der Waals surface area contributed by atoms with Crippen LogP contribution in [0.25, 0.3) is 21.8 Å². The molecule has 2 unspecified atom stereocenters. The van der Waals surface area contributed by atoms with Crippen LogP contribution >= 0.6 is 12.4 Å². The van der Waals surface area contributed by atoms with Crippen LogP contribution in [0.3, 0.4) is 0 Å². The van der Waals surface area contributed by atoms with Gasteiger partial charge in [0.25, 0.3) is 0 Å². The van der Waals surface area contributed by atoms with Gasteiger partial charge in [0.2, 0.25) is 5.91 Å². The molecule has 0 radical (unpaired) electrons. The van der Waals surface area contributed by atoms with E-state index in [9.17, 15) is 9.59 Å². The Bertz CT molecular complexity index is 1020. The first-order valence-electron chi connectivity index (χ1n) is 9.76. The molecule has 2 atom stereocenters. The number of rotatable bonds is 2. The van der Waals surface area contributed by atoms with Crippen LogP contribution in [0.2, 0.25) is 0 Å². The Morgan fingerprint density at radius 3 is 2.21 bits per heavy atom. The zero-order valence-corrected chi connectivity index (χ0v) is 16.5. The van der Waals surface area contributed by atoms with E-state index in [2.05, 4.69) is 10.2 Å². The highest BCUT2D eigenvalue weighted by Crippen LogP contribution is 2.29. The summed E-state index contributed by atoms with van der Waals surface area (Å²) >= 11 is 0. The molecule has 146 valence electrons. The number of carbonyl (C=O) groups is 1. The van der Waals surface area contributed by atoms with Crippen molar-refractivity contribution in [2.45, 2.75) is 37.9 Å². The summed E-state index contributed by atoms with van der Waals surface area (Å²) in [6.07, 6.45) is 3.20. The molecule has 3 heterocycles. The number of nitrogens with zero attached hydrogens (tertiary/aromatic N) is 2. The largest absolute Gasteiger partial charge is 0.334 e. The van der Waals surface area contributed by atoms with Gasteiger partial charge in [-0.3, -0.25) is 9.59 Å². The summed E-state index contributed by atoms with van der Waals surface area (Å²) in [5, 5.41) is 4.79. The Hall–Kier alpha value is -2.37. The normalized spacial score (nSPS) is 21.5. The Morgan fingerprint density at radius 1 is 0.929 bits per heavy atom. The molecule has 3 aromatic rings. The number of amides is 1. The number of fused-ring (bicyclic) bond motifs is 4. The molecule has 28 heavy (non-hydrogen) atoms. The van der Waals surface area contributed by atoms with Gasteiger partial charge in [-0.15, -0.1) is 12.4 Å². The SMILES string of the molecule is Cl.O=C(Cn1c2ccccc2c(=O)c2ccccc21)N1C2CCNCC1CC2. The first kappa shape index (κ1) is 19.0. The average molecular weight is 398 g/mol. The van der Waals surface area contributed by atoms with Crippen molar-refractivity contribution in [2.75, 3.05) is 13.1 Å². The number of carbonyl (C=O) groups excluding carboxylic acids is 1. The first-order chi connectivity index (χ1) is 13.2. The lowest BCUT2D eigenvalue weighted by atomic mass is 10.1. The molecule has 5 nitrogen and oxygen atoms in total. The van der Waals surface area contributed by atoms with Crippen molar-refractivity contribution in [2.24, 2.45) is 0 Å². The van der Waals surface area contributed by atoms with E-state index in [1.165, 1.54) is 0 Å². The number of aromatic nitrogens is 1. The molecule has 1 amide bonds. The molecule has 1 aromatic heterocycles. The van der Waals surface area contributed by atoms with Crippen LogP contribution in [0.1, 0.15) is 19.3 Å². The van der Waals surface area contributed by atoms with Crippen LogP contribution in [0.4, 0.5) is 0 Å². The summed E-state index contributed by atoms with van der Waals surface area (Å²) < 4.78 is 2.02. The minimum absolute atomic E-state index is 0. The third-order valence-corrected chi connectivity index (χ3v) is 6.11. The summed E-state index contributed by atoms with van der Waals surface area (Å²) in [5.74, 6) is 0.158. The average Bonchev–Trinajstić information content (AvgIpc) is 2.97. The molecule has 2 aromatic carbocycles. The quantitative estimate of drug-likeness (QED) is 0.676. The van der Waals surface area contributed by atoms with E-state index in [0.717, 1.165) is 43.4 Å². The number of nitrogens with one attached hydrogen (secondary N) is 1. The summed E-state index contributed by atoms with van der Waals surface area (Å²) in [6, 6.07) is 15.8. The van der Waals surface area contributed by atoms with Crippen LogP contribution in [0.15, 0.2) is 53.3 Å². The second-order valence-electron chi connectivity index (χ2n) is 7.63. The molecule has 2 aliphatic heterocycles. The van der Waals surface area contributed by atoms with Crippen molar-refractivity contribution in [3.05, 3.63) is 58.8 Å². The lowest BCUT2D eigenvalue weighted by Crippen LogP contribution is -2.44. The Kier molecular flexibility index (Phi) is 5.13. The first-order valence-corrected chi connectivity index (χ1v) is 9.76. The zero-order valence-electron chi connectivity index (χ0n) is 15.6. The van der Waals surface area contributed by atoms with Gasteiger partial charge >= 0.3 is 0 Å². The Morgan fingerprint density at radius 2 is 1.54 bits per heavy atom. The molecule has 2 fully saturated rings. The highest BCUT2D eigenvalue weighted by Gasteiger charge is 2.37. The highest BCUT2D eigenvalue weighted by atomic mass is 35.5. The summed E-state index contributed by atoms with van der Waals surface area (Å²) in [4.78, 5) is 28.3. The molecule has 0 aliphatic carbocycles. The molecular formula is C22H24ClN3O2. The number of pyridine rings is 1. The van der Waals surface area contributed by atoms with Gasteiger partial charge in [-0.25, -0.2) is 0 Å². The minimum Gasteiger partial charge on any atom is -0.334 e. The molecule has 2 saturated heterocycles. The molecule has 0 spiro atoms. The molecule has 5 rings (SSSR count). The maximum Gasteiger partial charge on any atom is 0.243 e. The van der Waals surface area contributed by atoms with Gasteiger partial charge < -0.3 is 14.8 Å². The monoisotopic (exact) mass is 397 g/mol. The Balaban J connectivity index is 0.00000192. The van der Waals surface area contributed by atoms with Crippen molar-refractivity contribution in [3.8, 4) is 0 Å². The Labute approximate surface area is 169 Å². The topological polar surface area (TPSA) is 54.3 Å². The van der Waals surface area contributed by atoms with Crippen molar-refractivity contribution < 1.29 is 4.79 Å². The fraction of sp³-hybridized carbons (Fsp3) is 0.364. The number of para-hydroxylation sites is 2. The van der Waals surface area contributed by atoms with Crippen molar-refractivity contribution in [1.29, 1.82) is 0 Å². The van der Waals surface area contributed by atoms with E-state index in [1.807, 2.05) is 53.1 Å². The van der Waals surface area contributed by atoms with E-state index in [-0.39, 0.29) is 30.3 Å². The molecule has 6 heteroatoms. The summed E-state index contributed by atoms with van der Waals surface area (Å²) in [5.41, 5.74) is 1.69. The van der Waals surface area contributed by atoms with Gasteiger partial charge in [-0.05, 0) is 50.1 Å². The van der Waals surface area contributed by atoms with Crippen LogP contribution in [0.5, 0.6) is 0 Å². The van der Waals surface area contributed by atoms with Crippen LogP contribution < -0.4 is 10.7 Å². The summed E-state index contributed by atoms with van der Waals surface area (Å²) in [6.45, 7) is 2.14. The van der Waals surface area contributed by atoms with Gasteiger partial charge in [0.05, 0.1) is 11.0 Å². The standard InChI is InChI=1S/C22H23N3O2.ClH/c26-21(25-15-9-10-16(25)13-23-12-11-15)14-24-19-7-3-1-5-17(19)22(27)18-6-2-4-8-20(18)24;/h1-8,15-16,23H,9-14H2;1H. The predicted molar refractivity (Wildman–Crippen MR) is 114 cm³/mol. The molecule has 2 aliphatic rings. The van der Waals surface area contributed by atoms with Gasteiger partial charge in [-0.1, -0.05) is 24.3 Å². The third-order valence-electron chi connectivity index (χ3n) is 6.11. The maximum atomic E-state index is 13.4. The predicted octanol–water partition coefficient (Wildman–Crippen LogP) is 2.93. The van der Waals surface area contributed by atoms with Gasteiger partial charge in [-0.2, -0.15) is 0 Å². The fourth-order valence-electron chi connectivity index (χ4n) is 4.85. The number of benzene rings is 2. The third kappa shape index (κ3) is 2.99. The van der Waals surface area contributed by atoms with Crippen molar-refractivity contribution >= 4 is 40.1 Å². The number of halogens is 1. The molecule has 1 N–H and O–H groups in total. The minimum atomic E-state index is 0. The smallest absolute Gasteiger partial charge is 0.243 e. The lowest BCUT2D eigenvalue weighted by Gasteiger charge is -2.29. The second-order valence-corrected chi connectivity index (χ2v) is 7.63. The van der Waals surface area contributed by atoms with Crippen LogP contribution in [-0.2, 0) is 11.3 Å². The lowest BCUT2D eigenvalue weighted by molar-refractivity contribution is -0.134. The van der Waals surface area contributed by atoms with Crippen molar-refractivity contribution in [1.82, 2.24) is 14.8 Å². The number of hydrogen-bond acceptors (Lipinski definition) is 3. The number of hydrogen-bond donors (Lipinski definition) is 1. The maximum absolute atomic E-state index is 13.4. The molecule has 0 saturated carbocycles. The van der Waals surface area contributed by atoms with E-state index >= 15 is 0 Å². The van der Waals surface area contributed by atoms with E-state index in [1.54, 1.807) is 0 Å².